The average molecular weight is 310 g/mol. The fraction of sp³-hybridized carbons (Fsp3) is 0.500. The summed E-state index contributed by atoms with van der Waals surface area (Å²) in [5.74, 6) is -0.181. The molecule has 0 saturated carbocycles. The number of hydrogen-bond acceptors (Lipinski definition) is 4. The zero-order valence-electron chi connectivity index (χ0n) is 11.4. The molecule has 21 heavy (non-hydrogen) atoms. The Labute approximate surface area is 127 Å². The van der Waals surface area contributed by atoms with Crippen LogP contribution in [0.2, 0.25) is 5.02 Å². The molecule has 2 aliphatic rings. The molecule has 2 saturated heterocycles. The fourth-order valence-corrected chi connectivity index (χ4v) is 3.73. The van der Waals surface area contributed by atoms with E-state index in [1.165, 1.54) is 18.2 Å². The van der Waals surface area contributed by atoms with E-state index in [2.05, 4.69) is 0 Å². The van der Waals surface area contributed by atoms with Gasteiger partial charge in [0.1, 0.15) is 0 Å². The molecular weight excluding hydrogens is 294 g/mol. The van der Waals surface area contributed by atoms with Crippen molar-refractivity contribution in [1.29, 1.82) is 0 Å². The van der Waals surface area contributed by atoms with Gasteiger partial charge in [-0.05, 0) is 31.7 Å². The molecule has 6 nitrogen and oxygen atoms in total. The van der Waals surface area contributed by atoms with Gasteiger partial charge in [0, 0.05) is 40.8 Å². The van der Waals surface area contributed by atoms with E-state index in [0.29, 0.717) is 0 Å². The highest BCUT2D eigenvalue weighted by atomic mass is 35.5. The van der Waals surface area contributed by atoms with E-state index in [1.807, 2.05) is 4.90 Å². The lowest BCUT2D eigenvalue weighted by Gasteiger charge is -2.37. The number of benzene rings is 1. The molecule has 2 unspecified atom stereocenters. The predicted molar refractivity (Wildman–Crippen MR) is 78.3 cm³/mol. The first-order valence-electron chi connectivity index (χ1n) is 6.99. The number of non-ortho nitro benzene ring substituents is 1. The molecule has 2 heterocycles. The van der Waals surface area contributed by atoms with Gasteiger partial charge >= 0.3 is 0 Å². The molecular formula is C14H16ClN3O3. The van der Waals surface area contributed by atoms with E-state index >= 15 is 0 Å². The van der Waals surface area contributed by atoms with Crippen LogP contribution in [0, 0.1) is 10.1 Å². The summed E-state index contributed by atoms with van der Waals surface area (Å²) < 4.78 is 0. The quantitative estimate of drug-likeness (QED) is 0.670. The maximum absolute atomic E-state index is 12.7. The van der Waals surface area contributed by atoms with Gasteiger partial charge in [-0.1, -0.05) is 11.6 Å². The third-order valence-electron chi connectivity index (χ3n) is 4.34. The zero-order chi connectivity index (χ0) is 15.1. The zero-order valence-corrected chi connectivity index (χ0v) is 12.1. The highest BCUT2D eigenvalue weighted by Gasteiger charge is 2.42. The van der Waals surface area contributed by atoms with Crippen LogP contribution in [0.25, 0.3) is 0 Å². The van der Waals surface area contributed by atoms with Gasteiger partial charge in [0.2, 0.25) is 0 Å². The topological polar surface area (TPSA) is 89.5 Å². The monoisotopic (exact) mass is 309 g/mol. The van der Waals surface area contributed by atoms with Crippen molar-refractivity contribution in [1.82, 2.24) is 4.90 Å². The Balaban J connectivity index is 1.91. The molecule has 0 aromatic heterocycles. The highest BCUT2D eigenvalue weighted by Crippen LogP contribution is 2.36. The average Bonchev–Trinajstić information content (AvgIpc) is 2.69. The van der Waals surface area contributed by atoms with Gasteiger partial charge in [-0.2, -0.15) is 0 Å². The first-order valence-corrected chi connectivity index (χ1v) is 7.36. The van der Waals surface area contributed by atoms with Crippen LogP contribution in [0.4, 0.5) is 5.69 Å². The van der Waals surface area contributed by atoms with E-state index < -0.39 is 4.92 Å². The van der Waals surface area contributed by atoms with Crippen molar-refractivity contribution < 1.29 is 9.72 Å². The Hall–Kier alpha value is -1.66. The summed E-state index contributed by atoms with van der Waals surface area (Å²) in [5, 5.41) is 11.1. The predicted octanol–water partition coefficient (Wildman–Crippen LogP) is 2.34. The van der Waals surface area contributed by atoms with Crippen molar-refractivity contribution in [2.45, 2.75) is 43.8 Å². The van der Waals surface area contributed by atoms with E-state index in [4.69, 9.17) is 17.3 Å². The van der Waals surface area contributed by atoms with Gasteiger partial charge < -0.3 is 10.6 Å². The van der Waals surface area contributed by atoms with Crippen LogP contribution >= 0.6 is 11.6 Å². The Kier molecular flexibility index (Phi) is 3.59. The molecule has 7 heteroatoms. The molecule has 1 aromatic rings. The van der Waals surface area contributed by atoms with E-state index in [1.54, 1.807) is 0 Å². The number of carbonyl (C=O) groups excluding carboxylic acids is 1. The number of amides is 1. The summed E-state index contributed by atoms with van der Waals surface area (Å²) in [4.78, 5) is 24.9. The largest absolute Gasteiger partial charge is 0.333 e. The molecule has 2 fully saturated rings. The minimum atomic E-state index is -0.538. The SMILES string of the molecule is NC1CC2CCC(C1)N2C(=O)c1cc(Cl)cc([N+](=O)[O-])c1. The lowest BCUT2D eigenvalue weighted by atomic mass is 9.97. The number of nitrogens with two attached hydrogens (primary N) is 1. The van der Waals surface area contributed by atoms with Gasteiger partial charge in [-0.25, -0.2) is 0 Å². The standard InChI is InChI=1S/C14H16ClN3O3/c15-9-3-8(4-13(5-9)18(20)21)14(19)17-11-1-2-12(17)7-10(16)6-11/h3-5,10-12H,1-2,6-7,16H2. The lowest BCUT2D eigenvalue weighted by molar-refractivity contribution is -0.384. The van der Waals surface area contributed by atoms with Crippen molar-refractivity contribution in [3.8, 4) is 0 Å². The molecule has 0 radical (unpaired) electrons. The second-order valence-corrected chi connectivity index (χ2v) is 6.22. The molecule has 2 atom stereocenters. The molecule has 2 aliphatic heterocycles. The van der Waals surface area contributed by atoms with Crippen LogP contribution in [0.3, 0.4) is 0 Å². The van der Waals surface area contributed by atoms with E-state index in [9.17, 15) is 14.9 Å². The minimum absolute atomic E-state index is 0.139. The van der Waals surface area contributed by atoms with Crippen LogP contribution in [0.5, 0.6) is 0 Å². The second-order valence-electron chi connectivity index (χ2n) is 5.78. The van der Waals surface area contributed by atoms with Crippen molar-refractivity contribution in [2.24, 2.45) is 5.73 Å². The minimum Gasteiger partial charge on any atom is -0.333 e. The van der Waals surface area contributed by atoms with Crippen LogP contribution in [-0.4, -0.2) is 33.9 Å². The molecule has 0 spiro atoms. The maximum atomic E-state index is 12.7. The number of hydrogen-bond donors (Lipinski definition) is 1. The van der Waals surface area contributed by atoms with Crippen LogP contribution in [-0.2, 0) is 0 Å². The summed E-state index contributed by atoms with van der Waals surface area (Å²) >= 11 is 5.89. The number of halogens is 1. The van der Waals surface area contributed by atoms with Gasteiger partial charge in [-0.3, -0.25) is 14.9 Å². The highest BCUT2D eigenvalue weighted by molar-refractivity contribution is 6.31. The first kappa shape index (κ1) is 14.3. The Morgan fingerprint density at radius 3 is 2.48 bits per heavy atom. The second kappa shape index (κ2) is 5.27. The molecule has 0 aliphatic carbocycles. The summed E-state index contributed by atoms with van der Waals surface area (Å²) in [6.45, 7) is 0. The van der Waals surface area contributed by atoms with E-state index in [-0.39, 0.29) is 40.3 Å². The first-order chi connectivity index (χ1) is 9.95. The number of fused-ring (bicyclic) bond motifs is 2. The Morgan fingerprint density at radius 2 is 1.90 bits per heavy atom. The molecule has 3 rings (SSSR count). The van der Waals surface area contributed by atoms with Crippen molar-refractivity contribution in [3.63, 3.8) is 0 Å². The van der Waals surface area contributed by atoms with Crippen molar-refractivity contribution in [2.75, 3.05) is 0 Å². The third-order valence-corrected chi connectivity index (χ3v) is 4.56. The van der Waals surface area contributed by atoms with E-state index in [0.717, 1.165) is 25.7 Å². The lowest BCUT2D eigenvalue weighted by Crippen LogP contribution is -2.50. The molecule has 2 bridgehead atoms. The summed E-state index contributed by atoms with van der Waals surface area (Å²) in [5.41, 5.74) is 6.12. The van der Waals surface area contributed by atoms with Crippen LogP contribution in [0.1, 0.15) is 36.0 Å². The van der Waals surface area contributed by atoms with Gasteiger partial charge in [0.05, 0.1) is 4.92 Å². The number of rotatable bonds is 2. The van der Waals surface area contributed by atoms with Crippen molar-refractivity contribution in [3.05, 3.63) is 38.9 Å². The molecule has 1 aromatic carbocycles. The van der Waals surface area contributed by atoms with Gasteiger partial charge in [0.25, 0.3) is 11.6 Å². The van der Waals surface area contributed by atoms with Gasteiger partial charge in [-0.15, -0.1) is 0 Å². The summed E-state index contributed by atoms with van der Waals surface area (Å²) in [7, 11) is 0. The molecule has 2 N–H and O–H groups in total. The number of nitro benzene ring substituents is 1. The summed E-state index contributed by atoms with van der Waals surface area (Å²) in [6, 6.07) is 4.46. The maximum Gasteiger partial charge on any atom is 0.271 e. The summed E-state index contributed by atoms with van der Waals surface area (Å²) in [6.07, 6.45) is 3.50. The Morgan fingerprint density at radius 1 is 1.29 bits per heavy atom. The van der Waals surface area contributed by atoms with Gasteiger partial charge in [0.15, 0.2) is 0 Å². The number of nitro groups is 1. The number of nitrogens with zero attached hydrogens (tertiary/aromatic N) is 2. The molecule has 1 amide bonds. The Bertz CT molecular complexity index is 593. The molecule has 112 valence electrons. The fourth-order valence-electron chi connectivity index (χ4n) is 3.50. The van der Waals surface area contributed by atoms with Crippen molar-refractivity contribution >= 4 is 23.2 Å². The number of carbonyl (C=O) groups is 1. The third kappa shape index (κ3) is 2.61. The number of piperidine rings is 1. The van der Waals surface area contributed by atoms with Crippen LogP contribution in [0.15, 0.2) is 18.2 Å². The smallest absolute Gasteiger partial charge is 0.271 e. The van der Waals surface area contributed by atoms with Crippen LogP contribution < -0.4 is 5.73 Å². The normalized spacial score (nSPS) is 27.7.